The van der Waals surface area contributed by atoms with Crippen LogP contribution in [0.1, 0.15) is 32.8 Å². The van der Waals surface area contributed by atoms with Gasteiger partial charge in [-0.05, 0) is 25.8 Å². The Bertz CT molecular complexity index is 474. The predicted molar refractivity (Wildman–Crippen MR) is 80.1 cm³/mol. The zero-order valence-corrected chi connectivity index (χ0v) is 12.8. The summed E-state index contributed by atoms with van der Waals surface area (Å²) < 4.78 is 5.21. The third-order valence-electron chi connectivity index (χ3n) is 3.69. The van der Waals surface area contributed by atoms with Gasteiger partial charge in [-0.25, -0.2) is 0 Å². The minimum atomic E-state index is -1.12. The van der Waals surface area contributed by atoms with Crippen molar-refractivity contribution in [2.45, 2.75) is 38.7 Å². The molecule has 5 heteroatoms. The number of carbonyl (C=O) groups excluding carboxylic acids is 1. The summed E-state index contributed by atoms with van der Waals surface area (Å²) in [5.74, 6) is -1.24. The molecule has 1 aromatic rings. The van der Waals surface area contributed by atoms with Crippen LogP contribution in [0.4, 0.5) is 0 Å². The fraction of sp³-hybridized carbons (Fsp3) is 0.500. The number of aliphatic carboxylic acids is 1. The van der Waals surface area contributed by atoms with Gasteiger partial charge in [0.05, 0.1) is 0 Å². The summed E-state index contributed by atoms with van der Waals surface area (Å²) in [7, 11) is 0. The third kappa shape index (κ3) is 4.04. The van der Waals surface area contributed by atoms with Gasteiger partial charge in [-0.1, -0.05) is 37.3 Å². The second kappa shape index (κ2) is 7.78. The number of rotatable bonds is 8. The first kappa shape index (κ1) is 17.2. The molecule has 2 atom stereocenters. The quantitative estimate of drug-likeness (QED) is 0.768. The maximum absolute atomic E-state index is 11.9. The molecule has 2 N–H and O–H groups in total. The molecule has 0 fully saturated rings. The van der Waals surface area contributed by atoms with E-state index >= 15 is 0 Å². The average molecular weight is 293 g/mol. The van der Waals surface area contributed by atoms with Crippen LogP contribution < -0.4 is 5.32 Å². The fourth-order valence-electron chi connectivity index (χ4n) is 2.25. The van der Waals surface area contributed by atoms with Crippen LogP contribution >= 0.6 is 0 Å². The first-order valence-electron chi connectivity index (χ1n) is 7.16. The highest BCUT2D eigenvalue weighted by Crippen LogP contribution is 2.27. The van der Waals surface area contributed by atoms with Crippen LogP contribution in [0.3, 0.4) is 0 Å². The van der Waals surface area contributed by atoms with Crippen molar-refractivity contribution in [3.05, 3.63) is 35.9 Å². The molecule has 0 saturated heterocycles. The van der Waals surface area contributed by atoms with E-state index in [1.807, 2.05) is 6.07 Å². The van der Waals surface area contributed by atoms with Crippen LogP contribution in [0.15, 0.2) is 30.3 Å². The van der Waals surface area contributed by atoms with Gasteiger partial charge in [-0.15, -0.1) is 0 Å². The number of carboxylic acid groups (broad SMARTS) is 1. The molecule has 21 heavy (non-hydrogen) atoms. The topological polar surface area (TPSA) is 75.6 Å². The number of carbonyl (C=O) groups is 2. The van der Waals surface area contributed by atoms with E-state index in [4.69, 9.17) is 4.74 Å². The van der Waals surface area contributed by atoms with Crippen molar-refractivity contribution in [3.8, 4) is 0 Å². The van der Waals surface area contributed by atoms with Crippen LogP contribution in [0.2, 0.25) is 0 Å². The molecular weight excluding hydrogens is 270 g/mol. The van der Waals surface area contributed by atoms with Gasteiger partial charge in [0.1, 0.15) is 11.5 Å². The van der Waals surface area contributed by atoms with E-state index in [1.165, 1.54) is 0 Å². The highest BCUT2D eigenvalue weighted by molar-refractivity contribution is 5.84. The summed E-state index contributed by atoms with van der Waals surface area (Å²) in [5.41, 5.74) is -0.438. The Morgan fingerprint density at radius 2 is 1.90 bits per heavy atom. The molecule has 0 aliphatic heterocycles. The standard InChI is InChI=1S/C16H23NO4/c1-4-16(15(19)20,13-9-7-6-8-10-13)11-17-14(18)12(3)21-5-2/h6-10,12H,4-5,11H2,1-3H3,(H,17,18)(H,19,20). The van der Waals surface area contributed by atoms with Crippen LogP contribution in [-0.4, -0.2) is 36.2 Å². The predicted octanol–water partition coefficient (Wildman–Crippen LogP) is 1.96. The first-order chi connectivity index (χ1) is 9.97. The minimum absolute atomic E-state index is 0.0408. The lowest BCUT2D eigenvalue weighted by Crippen LogP contribution is -2.48. The van der Waals surface area contributed by atoms with Crippen molar-refractivity contribution in [2.24, 2.45) is 0 Å². The number of hydrogen-bond acceptors (Lipinski definition) is 3. The molecular formula is C16H23NO4. The Morgan fingerprint density at radius 1 is 1.29 bits per heavy atom. The number of nitrogens with one attached hydrogen (secondary N) is 1. The number of hydrogen-bond donors (Lipinski definition) is 2. The maximum Gasteiger partial charge on any atom is 0.315 e. The molecule has 2 unspecified atom stereocenters. The van der Waals surface area contributed by atoms with E-state index in [1.54, 1.807) is 45.0 Å². The second-order valence-corrected chi connectivity index (χ2v) is 4.92. The third-order valence-corrected chi connectivity index (χ3v) is 3.69. The number of carboxylic acids is 1. The van der Waals surface area contributed by atoms with Crippen molar-refractivity contribution < 1.29 is 19.4 Å². The Morgan fingerprint density at radius 3 is 2.38 bits per heavy atom. The van der Waals surface area contributed by atoms with E-state index in [0.717, 1.165) is 0 Å². The van der Waals surface area contributed by atoms with Crippen LogP contribution in [0.25, 0.3) is 0 Å². The minimum Gasteiger partial charge on any atom is -0.481 e. The Balaban J connectivity index is 2.90. The van der Waals surface area contributed by atoms with Crippen LogP contribution in [0.5, 0.6) is 0 Å². The van der Waals surface area contributed by atoms with Crippen molar-refractivity contribution >= 4 is 11.9 Å². The Hall–Kier alpha value is -1.88. The summed E-state index contributed by atoms with van der Waals surface area (Å²) in [4.78, 5) is 23.7. The summed E-state index contributed by atoms with van der Waals surface area (Å²) in [6, 6.07) is 8.98. The van der Waals surface area contributed by atoms with Gasteiger partial charge in [0.15, 0.2) is 0 Å². The van der Waals surface area contributed by atoms with Crippen molar-refractivity contribution in [3.63, 3.8) is 0 Å². The average Bonchev–Trinajstić information content (AvgIpc) is 2.49. The van der Waals surface area contributed by atoms with Crippen LogP contribution in [-0.2, 0) is 19.7 Å². The second-order valence-electron chi connectivity index (χ2n) is 4.92. The van der Waals surface area contributed by atoms with E-state index < -0.39 is 17.5 Å². The number of amides is 1. The largest absolute Gasteiger partial charge is 0.481 e. The summed E-state index contributed by atoms with van der Waals surface area (Å²) in [6.07, 6.45) is -0.204. The lowest BCUT2D eigenvalue weighted by molar-refractivity contribution is -0.144. The van der Waals surface area contributed by atoms with E-state index in [0.29, 0.717) is 18.6 Å². The molecule has 1 amide bonds. The Kier molecular flexibility index (Phi) is 6.37. The highest BCUT2D eigenvalue weighted by Gasteiger charge is 2.39. The molecule has 1 rings (SSSR count). The van der Waals surface area contributed by atoms with Gasteiger partial charge in [0, 0.05) is 13.2 Å². The van der Waals surface area contributed by atoms with Gasteiger partial charge >= 0.3 is 5.97 Å². The molecule has 0 saturated carbocycles. The lowest BCUT2D eigenvalue weighted by Gasteiger charge is -2.29. The van der Waals surface area contributed by atoms with Crippen LogP contribution in [0, 0.1) is 0 Å². The van der Waals surface area contributed by atoms with Gasteiger partial charge in [0.25, 0.3) is 0 Å². The smallest absolute Gasteiger partial charge is 0.315 e. The van der Waals surface area contributed by atoms with Gasteiger partial charge < -0.3 is 15.2 Å². The molecule has 5 nitrogen and oxygen atoms in total. The number of benzene rings is 1. The number of ether oxygens (including phenoxy) is 1. The zero-order valence-electron chi connectivity index (χ0n) is 12.8. The maximum atomic E-state index is 11.9. The summed E-state index contributed by atoms with van der Waals surface area (Å²) in [5, 5.41) is 12.3. The van der Waals surface area contributed by atoms with E-state index in [2.05, 4.69) is 5.32 Å². The highest BCUT2D eigenvalue weighted by atomic mass is 16.5. The lowest BCUT2D eigenvalue weighted by atomic mass is 9.78. The molecule has 0 bridgehead atoms. The van der Waals surface area contributed by atoms with Crippen molar-refractivity contribution in [2.75, 3.05) is 13.2 Å². The van der Waals surface area contributed by atoms with Crippen molar-refractivity contribution in [1.82, 2.24) is 5.32 Å². The normalized spacial score (nSPS) is 15.0. The molecule has 0 spiro atoms. The van der Waals surface area contributed by atoms with Gasteiger partial charge in [-0.2, -0.15) is 0 Å². The fourth-order valence-corrected chi connectivity index (χ4v) is 2.25. The molecule has 1 aromatic carbocycles. The summed E-state index contributed by atoms with van der Waals surface area (Å²) >= 11 is 0. The SMILES string of the molecule is CCOC(C)C(=O)NCC(CC)(C(=O)O)c1ccccc1. The molecule has 0 aliphatic carbocycles. The zero-order chi connectivity index (χ0) is 15.9. The molecule has 0 aliphatic rings. The van der Waals surface area contributed by atoms with E-state index in [9.17, 15) is 14.7 Å². The monoisotopic (exact) mass is 293 g/mol. The van der Waals surface area contributed by atoms with Gasteiger partial charge in [-0.3, -0.25) is 9.59 Å². The summed E-state index contributed by atoms with van der Waals surface area (Å²) in [6.45, 7) is 5.74. The van der Waals surface area contributed by atoms with Gasteiger partial charge in [0.2, 0.25) is 5.91 Å². The molecule has 0 aromatic heterocycles. The Labute approximate surface area is 125 Å². The van der Waals surface area contributed by atoms with E-state index in [-0.39, 0.29) is 12.5 Å². The molecule has 0 radical (unpaired) electrons. The molecule has 0 heterocycles. The van der Waals surface area contributed by atoms with Crippen molar-refractivity contribution in [1.29, 1.82) is 0 Å². The molecule has 116 valence electrons. The first-order valence-corrected chi connectivity index (χ1v) is 7.16.